The van der Waals surface area contributed by atoms with Gasteiger partial charge in [-0.2, -0.15) is 0 Å². The molecule has 0 saturated heterocycles. The first-order valence-corrected chi connectivity index (χ1v) is 7.57. The van der Waals surface area contributed by atoms with Gasteiger partial charge >= 0.3 is 0 Å². The van der Waals surface area contributed by atoms with Crippen LogP contribution in [0.4, 0.5) is 5.69 Å². The first-order valence-electron chi connectivity index (χ1n) is 7.14. The second-order valence-electron chi connectivity index (χ2n) is 4.94. The lowest BCUT2D eigenvalue weighted by Gasteiger charge is -2.17. The molecule has 0 spiro atoms. The molecule has 106 valence electrons. The van der Waals surface area contributed by atoms with Crippen molar-refractivity contribution in [1.82, 2.24) is 0 Å². The van der Waals surface area contributed by atoms with Gasteiger partial charge in [0.2, 0.25) is 5.91 Å². The molecule has 2 nitrogen and oxygen atoms in total. The van der Waals surface area contributed by atoms with Crippen molar-refractivity contribution in [3.05, 3.63) is 29.8 Å². The van der Waals surface area contributed by atoms with Gasteiger partial charge in [0.1, 0.15) is 0 Å². The molecular weight excluding hydrogens is 258 g/mol. The molecule has 2 atom stereocenters. The molecule has 0 saturated carbocycles. The topological polar surface area (TPSA) is 29.1 Å². The lowest BCUT2D eigenvalue weighted by Crippen LogP contribution is -2.23. The monoisotopic (exact) mass is 281 g/mol. The maximum absolute atomic E-state index is 12.3. The number of halogens is 1. The smallest absolute Gasteiger partial charge is 0.227 e. The molecule has 1 N–H and O–H groups in total. The summed E-state index contributed by atoms with van der Waals surface area (Å²) in [6.07, 6.45) is 4.06. The zero-order chi connectivity index (χ0) is 14.3. The first kappa shape index (κ1) is 16.0. The Bertz CT molecular complexity index is 403. The lowest BCUT2D eigenvalue weighted by atomic mass is 9.98. The van der Waals surface area contributed by atoms with Crippen LogP contribution in [0.1, 0.15) is 57.4 Å². The van der Waals surface area contributed by atoms with Gasteiger partial charge in [-0.3, -0.25) is 4.79 Å². The summed E-state index contributed by atoms with van der Waals surface area (Å²) in [5.41, 5.74) is 1.81. The van der Waals surface area contributed by atoms with Crippen LogP contribution in [0.3, 0.4) is 0 Å². The fourth-order valence-electron chi connectivity index (χ4n) is 2.16. The van der Waals surface area contributed by atoms with Crippen molar-refractivity contribution in [2.75, 3.05) is 5.32 Å². The summed E-state index contributed by atoms with van der Waals surface area (Å²) in [4.78, 5) is 12.3. The summed E-state index contributed by atoms with van der Waals surface area (Å²) in [6, 6.07) is 7.74. The Balaban J connectivity index is 2.75. The van der Waals surface area contributed by atoms with Gasteiger partial charge in [-0.15, -0.1) is 11.6 Å². The molecular formula is C16H24ClNO. The van der Waals surface area contributed by atoms with E-state index in [1.165, 1.54) is 0 Å². The van der Waals surface area contributed by atoms with Crippen LogP contribution in [0, 0.1) is 5.92 Å². The van der Waals surface area contributed by atoms with Gasteiger partial charge in [-0.1, -0.05) is 44.9 Å². The minimum absolute atomic E-state index is 0.0960. The third-order valence-electron chi connectivity index (χ3n) is 3.42. The van der Waals surface area contributed by atoms with Gasteiger partial charge in [0, 0.05) is 11.6 Å². The van der Waals surface area contributed by atoms with Crippen molar-refractivity contribution in [3.63, 3.8) is 0 Å². The van der Waals surface area contributed by atoms with Gasteiger partial charge in [0.15, 0.2) is 0 Å². The summed E-state index contributed by atoms with van der Waals surface area (Å²) >= 11 is 6.14. The predicted molar refractivity (Wildman–Crippen MR) is 82.6 cm³/mol. The average molecular weight is 282 g/mol. The van der Waals surface area contributed by atoms with E-state index in [4.69, 9.17) is 11.6 Å². The van der Waals surface area contributed by atoms with E-state index in [9.17, 15) is 4.79 Å². The molecule has 19 heavy (non-hydrogen) atoms. The van der Waals surface area contributed by atoms with E-state index in [0.717, 1.165) is 36.9 Å². The third-order valence-corrected chi connectivity index (χ3v) is 3.65. The van der Waals surface area contributed by atoms with E-state index in [1.807, 2.05) is 31.2 Å². The van der Waals surface area contributed by atoms with Gasteiger partial charge in [0.05, 0.1) is 5.38 Å². The summed E-state index contributed by atoms with van der Waals surface area (Å²) in [5, 5.41) is 2.92. The molecule has 3 heteroatoms. The molecule has 0 radical (unpaired) electrons. The van der Waals surface area contributed by atoms with Crippen molar-refractivity contribution < 1.29 is 4.79 Å². The molecule has 1 rings (SSSR count). The van der Waals surface area contributed by atoms with E-state index >= 15 is 0 Å². The number of carbonyl (C=O) groups is 1. The maximum Gasteiger partial charge on any atom is 0.227 e. The van der Waals surface area contributed by atoms with Crippen LogP contribution in [0.25, 0.3) is 0 Å². The molecule has 0 fully saturated rings. The van der Waals surface area contributed by atoms with Crippen LogP contribution in [0.15, 0.2) is 24.3 Å². The molecule has 2 unspecified atom stereocenters. The standard InChI is InChI=1S/C16H24ClNO/c1-4-6-9-13(5-2)16(19)18-15-11-8-7-10-14(15)12(3)17/h7-8,10-13H,4-6,9H2,1-3H3,(H,18,19). The Morgan fingerprint density at radius 3 is 2.58 bits per heavy atom. The molecule has 0 aliphatic heterocycles. The number of rotatable bonds is 7. The van der Waals surface area contributed by atoms with Crippen molar-refractivity contribution in [1.29, 1.82) is 0 Å². The van der Waals surface area contributed by atoms with Crippen LogP contribution >= 0.6 is 11.6 Å². The van der Waals surface area contributed by atoms with Gasteiger partial charge in [0.25, 0.3) is 0 Å². The highest BCUT2D eigenvalue weighted by atomic mass is 35.5. The Hall–Kier alpha value is -1.02. The number of anilines is 1. The van der Waals surface area contributed by atoms with Crippen LogP contribution in [0.5, 0.6) is 0 Å². The second-order valence-corrected chi connectivity index (χ2v) is 5.59. The fraction of sp³-hybridized carbons (Fsp3) is 0.562. The minimum Gasteiger partial charge on any atom is -0.326 e. The van der Waals surface area contributed by atoms with Crippen molar-refractivity contribution in [2.45, 2.75) is 51.8 Å². The second kappa shape index (κ2) is 8.21. The van der Waals surface area contributed by atoms with Crippen molar-refractivity contribution in [3.8, 4) is 0 Å². The number of amides is 1. The Labute approximate surface area is 121 Å². The summed E-state index contributed by atoms with van der Waals surface area (Å²) < 4.78 is 0. The first-order chi connectivity index (χ1) is 9.10. The average Bonchev–Trinajstić information content (AvgIpc) is 2.40. The maximum atomic E-state index is 12.3. The number of alkyl halides is 1. The number of carbonyl (C=O) groups excluding carboxylic acids is 1. The predicted octanol–water partition coefficient (Wildman–Crippen LogP) is 5.14. The zero-order valence-corrected chi connectivity index (χ0v) is 12.8. The molecule has 0 aliphatic rings. The highest BCUT2D eigenvalue weighted by Gasteiger charge is 2.17. The van der Waals surface area contributed by atoms with Crippen LogP contribution in [0.2, 0.25) is 0 Å². The Morgan fingerprint density at radius 1 is 1.32 bits per heavy atom. The number of nitrogens with one attached hydrogen (secondary N) is 1. The molecule has 0 aromatic heterocycles. The summed E-state index contributed by atoms with van der Waals surface area (Å²) in [5.74, 6) is 0.208. The normalized spacial score (nSPS) is 13.9. The van der Waals surface area contributed by atoms with E-state index in [-0.39, 0.29) is 17.2 Å². The van der Waals surface area contributed by atoms with Crippen molar-refractivity contribution in [2.24, 2.45) is 5.92 Å². The summed E-state index contributed by atoms with van der Waals surface area (Å²) in [6.45, 7) is 6.13. The third kappa shape index (κ3) is 4.87. The SMILES string of the molecule is CCCCC(CC)C(=O)Nc1ccccc1C(C)Cl. The zero-order valence-electron chi connectivity index (χ0n) is 12.1. The highest BCUT2D eigenvalue weighted by Crippen LogP contribution is 2.28. The lowest BCUT2D eigenvalue weighted by molar-refractivity contribution is -0.120. The van der Waals surface area contributed by atoms with E-state index in [2.05, 4.69) is 19.2 Å². The van der Waals surface area contributed by atoms with E-state index < -0.39 is 0 Å². The van der Waals surface area contributed by atoms with Gasteiger partial charge < -0.3 is 5.32 Å². The molecule has 0 heterocycles. The van der Waals surface area contributed by atoms with Gasteiger partial charge in [-0.05, 0) is 31.4 Å². The van der Waals surface area contributed by atoms with E-state index in [1.54, 1.807) is 0 Å². The number of hydrogen-bond acceptors (Lipinski definition) is 1. The van der Waals surface area contributed by atoms with Crippen LogP contribution < -0.4 is 5.32 Å². The fourth-order valence-corrected chi connectivity index (χ4v) is 2.35. The van der Waals surface area contributed by atoms with Gasteiger partial charge in [-0.25, -0.2) is 0 Å². The Kier molecular flexibility index (Phi) is 6.93. The quantitative estimate of drug-likeness (QED) is 0.689. The van der Waals surface area contributed by atoms with E-state index in [0.29, 0.717) is 0 Å². The number of hydrogen-bond donors (Lipinski definition) is 1. The molecule has 1 aromatic rings. The molecule has 1 amide bonds. The summed E-state index contributed by atoms with van der Waals surface area (Å²) in [7, 11) is 0. The minimum atomic E-state index is -0.104. The molecule has 0 aliphatic carbocycles. The van der Waals surface area contributed by atoms with Crippen LogP contribution in [-0.4, -0.2) is 5.91 Å². The largest absolute Gasteiger partial charge is 0.326 e. The number of benzene rings is 1. The molecule has 1 aromatic carbocycles. The number of unbranched alkanes of at least 4 members (excludes halogenated alkanes) is 1. The van der Waals surface area contributed by atoms with Crippen LogP contribution in [-0.2, 0) is 4.79 Å². The van der Waals surface area contributed by atoms with Crippen molar-refractivity contribution >= 4 is 23.2 Å². The number of para-hydroxylation sites is 1. The highest BCUT2D eigenvalue weighted by molar-refractivity contribution is 6.21. The Morgan fingerprint density at radius 2 is 2.00 bits per heavy atom. The molecule has 0 bridgehead atoms.